The van der Waals surface area contributed by atoms with Crippen molar-refractivity contribution in [1.29, 1.82) is 0 Å². The number of rotatable bonds is 1. The Balaban J connectivity index is 1.88. The van der Waals surface area contributed by atoms with Crippen LogP contribution in [-0.2, 0) is 0 Å². The molecule has 0 bridgehead atoms. The number of hydrogen-bond donors (Lipinski definition) is 1. The third-order valence-electron chi connectivity index (χ3n) is 2.96. The zero-order chi connectivity index (χ0) is 11.2. The van der Waals surface area contributed by atoms with Crippen LogP contribution in [0.3, 0.4) is 0 Å². The summed E-state index contributed by atoms with van der Waals surface area (Å²) in [6.45, 7) is 2.21. The van der Waals surface area contributed by atoms with Gasteiger partial charge in [-0.2, -0.15) is 0 Å². The van der Waals surface area contributed by atoms with Crippen molar-refractivity contribution in [3.63, 3.8) is 0 Å². The lowest BCUT2D eigenvalue weighted by Gasteiger charge is -2.20. The van der Waals surface area contributed by atoms with Gasteiger partial charge in [0, 0.05) is 9.92 Å². The average Bonchev–Trinajstić information content (AvgIpc) is 2.95. The highest BCUT2D eigenvalue weighted by Crippen LogP contribution is 2.40. The second-order valence-corrected chi connectivity index (χ2v) is 6.06. The SMILES string of the molecule is CC1(N=C2CSc3ccc(Cl)cc3N2)CC1. The lowest BCUT2D eigenvalue weighted by molar-refractivity contribution is 0.764. The van der Waals surface area contributed by atoms with E-state index in [1.54, 1.807) is 0 Å². The van der Waals surface area contributed by atoms with E-state index in [1.165, 1.54) is 17.7 Å². The second kappa shape index (κ2) is 3.67. The maximum absolute atomic E-state index is 5.98. The summed E-state index contributed by atoms with van der Waals surface area (Å²) in [6.07, 6.45) is 2.43. The minimum atomic E-state index is 0.207. The zero-order valence-corrected chi connectivity index (χ0v) is 10.7. The van der Waals surface area contributed by atoms with Gasteiger partial charge in [-0.3, -0.25) is 4.99 Å². The van der Waals surface area contributed by atoms with E-state index in [4.69, 9.17) is 16.6 Å². The normalized spacial score (nSPS) is 23.8. The predicted molar refractivity (Wildman–Crippen MR) is 70.9 cm³/mol. The Labute approximate surface area is 104 Å². The van der Waals surface area contributed by atoms with Crippen molar-refractivity contribution in [3.05, 3.63) is 23.2 Å². The standard InChI is InChI=1S/C12H13ClN2S/c1-12(4-5-12)15-11-7-16-10-3-2-8(13)6-9(10)14-11/h2-3,6H,4-5,7H2,1H3,(H,14,15). The molecular weight excluding hydrogens is 240 g/mol. The van der Waals surface area contributed by atoms with Crippen LogP contribution in [0.4, 0.5) is 5.69 Å². The Morgan fingerprint density at radius 2 is 2.25 bits per heavy atom. The van der Waals surface area contributed by atoms with Gasteiger partial charge < -0.3 is 5.32 Å². The molecule has 0 spiro atoms. The summed E-state index contributed by atoms with van der Waals surface area (Å²) < 4.78 is 0. The molecule has 0 aromatic heterocycles. The molecule has 1 aromatic rings. The number of nitrogens with one attached hydrogen (secondary N) is 1. The number of hydrogen-bond acceptors (Lipinski definition) is 2. The third-order valence-corrected chi connectivity index (χ3v) is 4.28. The highest BCUT2D eigenvalue weighted by atomic mass is 35.5. The van der Waals surface area contributed by atoms with Crippen molar-refractivity contribution in [2.24, 2.45) is 4.99 Å². The highest BCUT2D eigenvalue weighted by molar-refractivity contribution is 8.00. The predicted octanol–water partition coefficient (Wildman–Crippen LogP) is 3.81. The van der Waals surface area contributed by atoms with Crippen LogP contribution in [0, 0.1) is 0 Å². The Morgan fingerprint density at radius 1 is 1.44 bits per heavy atom. The molecule has 1 aromatic carbocycles. The molecule has 0 atom stereocenters. The summed E-state index contributed by atoms with van der Waals surface area (Å²) in [5.74, 6) is 2.02. The summed E-state index contributed by atoms with van der Waals surface area (Å²) in [6, 6.07) is 5.96. The molecule has 0 unspecified atom stereocenters. The molecule has 3 rings (SSSR count). The van der Waals surface area contributed by atoms with Crippen LogP contribution < -0.4 is 5.32 Å². The van der Waals surface area contributed by atoms with Crippen LogP contribution in [0.15, 0.2) is 28.1 Å². The largest absolute Gasteiger partial charge is 0.342 e. The van der Waals surface area contributed by atoms with Gasteiger partial charge in [-0.15, -0.1) is 11.8 Å². The molecule has 1 N–H and O–H groups in total. The van der Waals surface area contributed by atoms with E-state index in [2.05, 4.69) is 18.3 Å². The van der Waals surface area contributed by atoms with Crippen LogP contribution in [-0.4, -0.2) is 17.1 Å². The number of fused-ring (bicyclic) bond motifs is 1. The van der Waals surface area contributed by atoms with Gasteiger partial charge in [0.2, 0.25) is 0 Å². The van der Waals surface area contributed by atoms with Gasteiger partial charge in [0.15, 0.2) is 0 Å². The van der Waals surface area contributed by atoms with Crippen molar-refractivity contribution >= 4 is 34.9 Å². The van der Waals surface area contributed by atoms with Gasteiger partial charge in [0.25, 0.3) is 0 Å². The van der Waals surface area contributed by atoms with Crippen molar-refractivity contribution in [2.75, 3.05) is 11.1 Å². The molecule has 1 aliphatic carbocycles. The van der Waals surface area contributed by atoms with E-state index in [9.17, 15) is 0 Å². The Hall–Kier alpha value is -0.670. The maximum Gasteiger partial charge on any atom is 0.112 e. The number of aliphatic imine (C=N–C) groups is 1. The number of nitrogens with zero attached hydrogens (tertiary/aromatic N) is 1. The lowest BCUT2D eigenvalue weighted by atomic mass is 10.3. The van der Waals surface area contributed by atoms with E-state index in [0.717, 1.165) is 22.3 Å². The van der Waals surface area contributed by atoms with Crippen LogP contribution in [0.2, 0.25) is 5.02 Å². The summed E-state index contributed by atoms with van der Waals surface area (Å²) in [5.41, 5.74) is 1.30. The van der Waals surface area contributed by atoms with E-state index >= 15 is 0 Å². The van der Waals surface area contributed by atoms with Crippen LogP contribution in [0.5, 0.6) is 0 Å². The first-order valence-electron chi connectivity index (χ1n) is 5.43. The molecule has 16 heavy (non-hydrogen) atoms. The molecule has 2 aliphatic rings. The number of thioether (sulfide) groups is 1. The van der Waals surface area contributed by atoms with Gasteiger partial charge >= 0.3 is 0 Å². The van der Waals surface area contributed by atoms with Gasteiger partial charge in [-0.05, 0) is 38.0 Å². The van der Waals surface area contributed by atoms with Crippen molar-refractivity contribution in [2.45, 2.75) is 30.2 Å². The zero-order valence-electron chi connectivity index (χ0n) is 9.09. The summed E-state index contributed by atoms with van der Waals surface area (Å²) in [4.78, 5) is 6.00. The fourth-order valence-corrected chi connectivity index (χ4v) is 2.77. The molecule has 1 fully saturated rings. The summed E-state index contributed by atoms with van der Waals surface area (Å²) in [5, 5.41) is 4.15. The average molecular weight is 253 g/mol. The number of anilines is 1. The van der Waals surface area contributed by atoms with Gasteiger partial charge in [0.1, 0.15) is 5.84 Å². The van der Waals surface area contributed by atoms with E-state index in [1.807, 2.05) is 23.9 Å². The number of halogens is 1. The maximum atomic E-state index is 5.98. The van der Waals surface area contributed by atoms with E-state index < -0.39 is 0 Å². The molecule has 1 heterocycles. The molecule has 2 nitrogen and oxygen atoms in total. The second-order valence-electron chi connectivity index (χ2n) is 4.61. The van der Waals surface area contributed by atoms with E-state index in [0.29, 0.717) is 0 Å². The van der Waals surface area contributed by atoms with Crippen LogP contribution in [0.1, 0.15) is 19.8 Å². The van der Waals surface area contributed by atoms with Crippen LogP contribution in [0.25, 0.3) is 0 Å². The highest BCUT2D eigenvalue weighted by Gasteiger charge is 2.37. The number of benzene rings is 1. The molecular formula is C12H13ClN2S. The fourth-order valence-electron chi connectivity index (χ4n) is 1.74. The topological polar surface area (TPSA) is 24.4 Å². The van der Waals surface area contributed by atoms with Gasteiger partial charge in [-0.1, -0.05) is 11.6 Å². The molecule has 4 heteroatoms. The molecule has 0 amide bonds. The summed E-state index contributed by atoms with van der Waals surface area (Å²) in [7, 11) is 0. The third kappa shape index (κ3) is 2.06. The first-order valence-corrected chi connectivity index (χ1v) is 6.79. The Morgan fingerprint density at radius 3 is 3.00 bits per heavy atom. The molecule has 1 aliphatic heterocycles. The van der Waals surface area contributed by atoms with Crippen molar-refractivity contribution < 1.29 is 0 Å². The first-order chi connectivity index (χ1) is 7.65. The Bertz CT molecular complexity index is 466. The minimum Gasteiger partial charge on any atom is -0.342 e. The van der Waals surface area contributed by atoms with Gasteiger partial charge in [0.05, 0.1) is 17.0 Å². The molecule has 84 valence electrons. The molecule has 0 radical (unpaired) electrons. The van der Waals surface area contributed by atoms with Crippen molar-refractivity contribution in [1.82, 2.24) is 0 Å². The smallest absolute Gasteiger partial charge is 0.112 e. The number of amidine groups is 1. The van der Waals surface area contributed by atoms with Gasteiger partial charge in [-0.25, -0.2) is 0 Å². The van der Waals surface area contributed by atoms with Crippen molar-refractivity contribution in [3.8, 4) is 0 Å². The quantitative estimate of drug-likeness (QED) is 0.822. The first kappa shape index (κ1) is 10.5. The fraction of sp³-hybridized carbons (Fsp3) is 0.417. The van der Waals surface area contributed by atoms with E-state index in [-0.39, 0.29) is 5.54 Å². The molecule has 1 saturated carbocycles. The lowest BCUT2D eigenvalue weighted by Crippen LogP contribution is -2.22. The monoisotopic (exact) mass is 252 g/mol. The Kier molecular flexibility index (Phi) is 2.41. The van der Waals surface area contributed by atoms with Crippen LogP contribution >= 0.6 is 23.4 Å². The summed E-state index contributed by atoms with van der Waals surface area (Å²) >= 11 is 7.80. The minimum absolute atomic E-state index is 0.207. The molecule has 0 saturated heterocycles.